The van der Waals surface area contributed by atoms with E-state index in [1.54, 1.807) is 0 Å². The Balaban J connectivity index is 1.81. The van der Waals surface area contributed by atoms with Crippen LogP contribution in [-0.2, 0) is 16.1 Å². The van der Waals surface area contributed by atoms with Gasteiger partial charge >= 0.3 is 5.97 Å². The molecule has 0 radical (unpaired) electrons. The Kier molecular flexibility index (Phi) is 6.57. The van der Waals surface area contributed by atoms with Crippen molar-refractivity contribution in [3.05, 3.63) is 35.4 Å². The Labute approximate surface area is 138 Å². The molecule has 1 saturated heterocycles. The van der Waals surface area contributed by atoms with E-state index in [1.165, 1.54) is 5.56 Å². The van der Waals surface area contributed by atoms with Gasteiger partial charge in [-0.25, -0.2) is 0 Å². The molecule has 0 saturated carbocycles. The summed E-state index contributed by atoms with van der Waals surface area (Å²) in [7, 11) is 0. The fourth-order valence-corrected chi connectivity index (χ4v) is 2.77. The van der Waals surface area contributed by atoms with Crippen molar-refractivity contribution in [2.45, 2.75) is 32.9 Å². The van der Waals surface area contributed by atoms with Crippen molar-refractivity contribution >= 4 is 5.97 Å². The molecule has 2 rings (SSSR count). The number of carbonyl (C=O) groups is 1. The van der Waals surface area contributed by atoms with Crippen molar-refractivity contribution in [1.82, 2.24) is 9.80 Å². The van der Waals surface area contributed by atoms with E-state index in [1.807, 2.05) is 38.1 Å². The normalized spacial score (nSPS) is 16.8. The average Bonchev–Trinajstić information content (AvgIpc) is 2.73. The predicted molar refractivity (Wildman–Crippen MR) is 88.7 cm³/mol. The van der Waals surface area contributed by atoms with Crippen LogP contribution in [0.3, 0.4) is 0 Å². The molecule has 0 atom stereocenters. The van der Waals surface area contributed by atoms with Crippen LogP contribution in [0.4, 0.5) is 0 Å². The summed E-state index contributed by atoms with van der Waals surface area (Å²) in [6.07, 6.45) is 0.993. The Morgan fingerprint density at radius 2 is 1.83 bits per heavy atom. The molecular formula is C18H25N3O2. The van der Waals surface area contributed by atoms with Crippen molar-refractivity contribution in [2.24, 2.45) is 0 Å². The van der Waals surface area contributed by atoms with Gasteiger partial charge in [-0.1, -0.05) is 12.1 Å². The van der Waals surface area contributed by atoms with Crippen LogP contribution in [0.2, 0.25) is 0 Å². The predicted octanol–water partition coefficient (Wildman–Crippen LogP) is 2.02. The lowest BCUT2D eigenvalue weighted by Crippen LogP contribution is -2.35. The van der Waals surface area contributed by atoms with Gasteiger partial charge in [-0.05, 0) is 44.5 Å². The highest BCUT2D eigenvalue weighted by atomic mass is 16.5. The second kappa shape index (κ2) is 8.66. The van der Waals surface area contributed by atoms with Crippen LogP contribution < -0.4 is 0 Å². The summed E-state index contributed by atoms with van der Waals surface area (Å²) in [5.41, 5.74) is 1.91. The number of hydrogen-bond donors (Lipinski definition) is 0. The average molecular weight is 315 g/mol. The second-order valence-electron chi connectivity index (χ2n) is 6.25. The highest BCUT2D eigenvalue weighted by molar-refractivity contribution is 5.71. The van der Waals surface area contributed by atoms with Crippen LogP contribution in [0.15, 0.2) is 24.3 Å². The molecule has 0 aliphatic carbocycles. The summed E-state index contributed by atoms with van der Waals surface area (Å²) in [5.74, 6) is -0.138. The van der Waals surface area contributed by atoms with Gasteiger partial charge in [-0.3, -0.25) is 14.6 Å². The molecule has 0 aromatic heterocycles. The van der Waals surface area contributed by atoms with E-state index in [2.05, 4.69) is 15.9 Å². The van der Waals surface area contributed by atoms with Crippen LogP contribution in [0.1, 0.15) is 31.4 Å². The van der Waals surface area contributed by atoms with Crippen molar-refractivity contribution < 1.29 is 9.53 Å². The number of ether oxygens (including phenoxy) is 1. The molecule has 1 aliphatic heterocycles. The SMILES string of the molecule is CC(C)OC(=O)CN1CCCN(Cc2ccc(C#N)cc2)CC1. The molecule has 1 aliphatic rings. The van der Waals surface area contributed by atoms with Gasteiger partial charge in [0.15, 0.2) is 0 Å². The van der Waals surface area contributed by atoms with Crippen molar-refractivity contribution in [3.63, 3.8) is 0 Å². The topological polar surface area (TPSA) is 56.6 Å². The zero-order valence-electron chi connectivity index (χ0n) is 14.0. The molecular weight excluding hydrogens is 290 g/mol. The van der Waals surface area contributed by atoms with Crippen molar-refractivity contribution in [3.8, 4) is 6.07 Å². The molecule has 0 bridgehead atoms. The zero-order chi connectivity index (χ0) is 16.7. The first kappa shape index (κ1) is 17.5. The van der Waals surface area contributed by atoms with E-state index in [0.717, 1.165) is 39.1 Å². The molecule has 1 heterocycles. The number of nitriles is 1. The Morgan fingerprint density at radius 1 is 1.17 bits per heavy atom. The van der Waals surface area contributed by atoms with Crippen molar-refractivity contribution in [2.75, 3.05) is 32.7 Å². The highest BCUT2D eigenvalue weighted by Gasteiger charge is 2.18. The van der Waals surface area contributed by atoms with E-state index >= 15 is 0 Å². The molecule has 0 amide bonds. The molecule has 0 unspecified atom stereocenters. The van der Waals surface area contributed by atoms with Gasteiger partial charge in [0.05, 0.1) is 24.3 Å². The minimum atomic E-state index is -0.138. The van der Waals surface area contributed by atoms with Gasteiger partial charge in [0, 0.05) is 26.2 Å². The third-order valence-corrected chi connectivity index (χ3v) is 3.89. The third-order valence-electron chi connectivity index (χ3n) is 3.89. The van der Waals surface area contributed by atoms with Crippen LogP contribution in [0, 0.1) is 11.3 Å². The van der Waals surface area contributed by atoms with Crippen LogP contribution in [-0.4, -0.2) is 54.6 Å². The first-order valence-electron chi connectivity index (χ1n) is 8.20. The maximum atomic E-state index is 11.8. The summed E-state index contributed by atoms with van der Waals surface area (Å²) in [6, 6.07) is 9.90. The molecule has 0 N–H and O–H groups in total. The standard InChI is InChI=1S/C18H25N3O2/c1-15(2)23-18(22)14-21-9-3-8-20(10-11-21)13-17-6-4-16(12-19)5-7-17/h4-7,15H,3,8-11,13-14H2,1-2H3. The maximum Gasteiger partial charge on any atom is 0.320 e. The number of rotatable bonds is 5. The summed E-state index contributed by atoms with van der Waals surface area (Å²) >= 11 is 0. The lowest BCUT2D eigenvalue weighted by atomic mass is 10.1. The number of hydrogen-bond acceptors (Lipinski definition) is 5. The summed E-state index contributed by atoms with van der Waals surface area (Å²) in [4.78, 5) is 16.3. The summed E-state index contributed by atoms with van der Waals surface area (Å²) in [5, 5.41) is 8.84. The van der Waals surface area contributed by atoms with Crippen LogP contribution >= 0.6 is 0 Å². The summed E-state index contributed by atoms with van der Waals surface area (Å²) in [6.45, 7) is 8.78. The Hall–Kier alpha value is -1.90. The van der Waals surface area contributed by atoms with Gasteiger partial charge in [-0.2, -0.15) is 5.26 Å². The minimum absolute atomic E-state index is 0.0534. The third kappa shape index (κ3) is 6.01. The Morgan fingerprint density at radius 3 is 2.48 bits per heavy atom. The lowest BCUT2D eigenvalue weighted by Gasteiger charge is -2.21. The number of esters is 1. The van der Waals surface area contributed by atoms with Gasteiger partial charge < -0.3 is 4.74 Å². The monoisotopic (exact) mass is 315 g/mol. The second-order valence-corrected chi connectivity index (χ2v) is 6.25. The number of benzene rings is 1. The lowest BCUT2D eigenvalue weighted by molar-refractivity contribution is -0.148. The largest absolute Gasteiger partial charge is 0.462 e. The summed E-state index contributed by atoms with van der Waals surface area (Å²) < 4.78 is 5.22. The molecule has 1 aromatic rings. The molecule has 0 spiro atoms. The first-order valence-corrected chi connectivity index (χ1v) is 8.20. The molecule has 5 heteroatoms. The molecule has 5 nitrogen and oxygen atoms in total. The fraction of sp³-hybridized carbons (Fsp3) is 0.556. The van der Waals surface area contributed by atoms with E-state index in [-0.39, 0.29) is 12.1 Å². The van der Waals surface area contributed by atoms with Crippen LogP contribution in [0.25, 0.3) is 0 Å². The van der Waals surface area contributed by atoms with E-state index < -0.39 is 0 Å². The van der Waals surface area contributed by atoms with Gasteiger partial charge in [0.2, 0.25) is 0 Å². The highest BCUT2D eigenvalue weighted by Crippen LogP contribution is 2.10. The van der Waals surface area contributed by atoms with E-state index in [9.17, 15) is 4.79 Å². The number of nitrogens with zero attached hydrogens (tertiary/aromatic N) is 3. The quantitative estimate of drug-likeness (QED) is 0.778. The maximum absolute atomic E-state index is 11.8. The molecule has 1 fully saturated rings. The van der Waals surface area contributed by atoms with E-state index in [4.69, 9.17) is 10.00 Å². The first-order chi connectivity index (χ1) is 11.1. The molecule has 23 heavy (non-hydrogen) atoms. The Bertz CT molecular complexity index is 548. The zero-order valence-corrected chi connectivity index (χ0v) is 14.0. The van der Waals surface area contributed by atoms with Gasteiger partial charge in [0.25, 0.3) is 0 Å². The smallest absolute Gasteiger partial charge is 0.320 e. The fourth-order valence-electron chi connectivity index (χ4n) is 2.77. The van der Waals surface area contributed by atoms with Gasteiger partial charge in [0.1, 0.15) is 0 Å². The molecule has 124 valence electrons. The van der Waals surface area contributed by atoms with E-state index in [0.29, 0.717) is 12.1 Å². The number of carbonyl (C=O) groups excluding carboxylic acids is 1. The van der Waals surface area contributed by atoms with Crippen molar-refractivity contribution in [1.29, 1.82) is 5.26 Å². The minimum Gasteiger partial charge on any atom is -0.462 e. The van der Waals surface area contributed by atoms with Gasteiger partial charge in [-0.15, -0.1) is 0 Å². The molecule has 1 aromatic carbocycles. The van der Waals surface area contributed by atoms with Crippen LogP contribution in [0.5, 0.6) is 0 Å².